The van der Waals surface area contributed by atoms with Gasteiger partial charge in [-0.3, -0.25) is 0 Å². The molecule has 13 heavy (non-hydrogen) atoms. The van der Waals surface area contributed by atoms with Crippen LogP contribution in [0, 0.1) is 6.92 Å². The van der Waals surface area contributed by atoms with Gasteiger partial charge in [0, 0.05) is 11.1 Å². The van der Waals surface area contributed by atoms with Gasteiger partial charge in [-0.1, -0.05) is 0 Å². The molecule has 0 aliphatic rings. The molecule has 0 bridgehead atoms. The summed E-state index contributed by atoms with van der Waals surface area (Å²) in [5.41, 5.74) is 1.43. The minimum absolute atomic E-state index is 0.359. The van der Waals surface area contributed by atoms with Gasteiger partial charge in [-0.2, -0.15) is 0 Å². The Kier molecular flexibility index (Phi) is 3.31. The number of esters is 1. The van der Waals surface area contributed by atoms with Gasteiger partial charge in [-0.05, 0) is 24.8 Å². The maximum atomic E-state index is 11.1. The largest absolute Gasteiger partial charge is 0.464 e. The second-order valence-electron chi connectivity index (χ2n) is 2.53. The van der Waals surface area contributed by atoms with Crippen molar-refractivity contribution in [2.45, 2.75) is 11.8 Å². The highest BCUT2D eigenvalue weighted by atomic mass is 32.2. The van der Waals surface area contributed by atoms with E-state index >= 15 is 0 Å². The maximum absolute atomic E-state index is 11.1. The summed E-state index contributed by atoms with van der Waals surface area (Å²) >= 11 is 1.59. The summed E-state index contributed by atoms with van der Waals surface area (Å²) < 4.78 is 4.56. The number of carbonyl (C=O) groups is 1. The quantitative estimate of drug-likeness (QED) is 0.536. The van der Waals surface area contributed by atoms with Crippen LogP contribution in [0.5, 0.6) is 0 Å². The van der Waals surface area contributed by atoms with Gasteiger partial charge >= 0.3 is 5.97 Å². The van der Waals surface area contributed by atoms with Crippen LogP contribution in [0.1, 0.15) is 16.1 Å². The highest BCUT2D eigenvalue weighted by Gasteiger charge is 2.08. The van der Waals surface area contributed by atoms with Crippen molar-refractivity contribution in [1.29, 1.82) is 0 Å². The minimum Gasteiger partial charge on any atom is -0.464 e. The fourth-order valence-electron chi connectivity index (χ4n) is 0.941. The zero-order chi connectivity index (χ0) is 9.84. The van der Waals surface area contributed by atoms with E-state index in [-0.39, 0.29) is 0 Å². The van der Waals surface area contributed by atoms with Crippen LogP contribution in [0.2, 0.25) is 0 Å². The molecular weight excluding hydrogens is 186 g/mol. The number of aryl methyl sites for hydroxylation is 1. The summed E-state index contributed by atoms with van der Waals surface area (Å²) in [7, 11) is 1.35. The highest BCUT2D eigenvalue weighted by molar-refractivity contribution is 7.98. The van der Waals surface area contributed by atoms with Gasteiger partial charge in [0.1, 0.15) is 5.69 Å². The van der Waals surface area contributed by atoms with Gasteiger partial charge in [0.15, 0.2) is 0 Å². The molecule has 0 radical (unpaired) electrons. The Morgan fingerprint density at radius 3 is 2.85 bits per heavy atom. The van der Waals surface area contributed by atoms with Crippen LogP contribution in [0.25, 0.3) is 0 Å². The lowest BCUT2D eigenvalue weighted by Crippen LogP contribution is -2.04. The summed E-state index contributed by atoms with van der Waals surface area (Å²) in [4.78, 5) is 16.1. The van der Waals surface area contributed by atoms with Crippen molar-refractivity contribution in [1.82, 2.24) is 4.98 Å². The van der Waals surface area contributed by atoms with Crippen molar-refractivity contribution in [3.8, 4) is 0 Å². The van der Waals surface area contributed by atoms with Crippen LogP contribution in [0.15, 0.2) is 17.2 Å². The molecule has 0 aliphatic carbocycles. The number of ether oxygens (including phenoxy) is 1. The molecule has 1 rings (SSSR count). The summed E-state index contributed by atoms with van der Waals surface area (Å²) in [6.45, 7) is 1.96. The second kappa shape index (κ2) is 4.28. The molecule has 0 amide bonds. The summed E-state index contributed by atoms with van der Waals surface area (Å²) in [6, 6.07) is 1.74. The van der Waals surface area contributed by atoms with Crippen LogP contribution in [0.3, 0.4) is 0 Å². The Balaban J connectivity index is 3.06. The van der Waals surface area contributed by atoms with Crippen molar-refractivity contribution in [2.24, 2.45) is 0 Å². The first-order chi connectivity index (χ1) is 6.19. The predicted molar refractivity (Wildman–Crippen MR) is 52.1 cm³/mol. The molecule has 0 N–H and O–H groups in total. The van der Waals surface area contributed by atoms with Crippen LogP contribution >= 0.6 is 11.8 Å². The fourth-order valence-corrected chi connectivity index (χ4v) is 1.55. The van der Waals surface area contributed by atoms with Crippen LogP contribution < -0.4 is 0 Å². The predicted octanol–water partition coefficient (Wildman–Crippen LogP) is 1.90. The maximum Gasteiger partial charge on any atom is 0.356 e. The van der Waals surface area contributed by atoms with Crippen LogP contribution in [0.4, 0.5) is 0 Å². The van der Waals surface area contributed by atoms with E-state index < -0.39 is 5.97 Å². The molecule has 0 spiro atoms. The summed E-state index contributed by atoms with van der Waals surface area (Å²) in [5.74, 6) is -0.393. The first-order valence-electron chi connectivity index (χ1n) is 3.78. The number of aromatic nitrogens is 1. The normalized spacial score (nSPS) is 9.77. The summed E-state index contributed by atoms with van der Waals surface area (Å²) in [5, 5.41) is 0. The minimum atomic E-state index is -0.393. The first-order valence-corrected chi connectivity index (χ1v) is 5.00. The molecule has 0 aromatic carbocycles. The van der Waals surface area contributed by atoms with Crippen molar-refractivity contribution in [2.75, 3.05) is 13.4 Å². The smallest absolute Gasteiger partial charge is 0.356 e. The Morgan fingerprint density at radius 1 is 1.62 bits per heavy atom. The third-order valence-corrected chi connectivity index (χ3v) is 2.55. The van der Waals surface area contributed by atoms with Crippen molar-refractivity contribution in [3.63, 3.8) is 0 Å². The Labute approximate surface area is 81.5 Å². The Hall–Kier alpha value is -1.03. The standard InChI is InChI=1S/C9H11NO2S/c1-6-5-10-7(9(11)12-2)4-8(6)13-3/h4-5H,1-3H3. The van der Waals surface area contributed by atoms with Gasteiger partial charge in [0.05, 0.1) is 7.11 Å². The molecule has 4 heteroatoms. The molecule has 0 aliphatic heterocycles. The topological polar surface area (TPSA) is 39.2 Å². The summed E-state index contributed by atoms with van der Waals surface area (Å²) in [6.07, 6.45) is 3.64. The molecule has 0 unspecified atom stereocenters. The molecule has 70 valence electrons. The van der Waals surface area contributed by atoms with E-state index in [1.165, 1.54) is 7.11 Å². The number of carbonyl (C=O) groups excluding carboxylic acids is 1. The zero-order valence-corrected chi connectivity index (χ0v) is 8.64. The van der Waals surface area contributed by atoms with Gasteiger partial charge in [-0.25, -0.2) is 9.78 Å². The number of methoxy groups -OCH3 is 1. The van der Waals surface area contributed by atoms with E-state index in [4.69, 9.17) is 0 Å². The number of pyridine rings is 1. The van der Waals surface area contributed by atoms with Gasteiger partial charge in [-0.15, -0.1) is 11.8 Å². The second-order valence-corrected chi connectivity index (χ2v) is 3.38. The van der Waals surface area contributed by atoms with Gasteiger partial charge in [0.25, 0.3) is 0 Å². The third-order valence-electron chi connectivity index (χ3n) is 1.67. The third kappa shape index (κ3) is 2.21. The van der Waals surface area contributed by atoms with E-state index in [2.05, 4.69) is 9.72 Å². The average molecular weight is 197 g/mol. The first kappa shape index (κ1) is 10.1. The number of hydrogen-bond donors (Lipinski definition) is 0. The lowest BCUT2D eigenvalue weighted by Gasteiger charge is -2.03. The van der Waals surface area contributed by atoms with E-state index in [0.29, 0.717) is 5.69 Å². The average Bonchev–Trinajstić information content (AvgIpc) is 2.17. The van der Waals surface area contributed by atoms with Crippen LogP contribution in [-0.2, 0) is 4.74 Å². The molecule has 1 aromatic heterocycles. The van der Waals surface area contributed by atoms with Crippen molar-refractivity contribution < 1.29 is 9.53 Å². The van der Waals surface area contributed by atoms with E-state index in [1.54, 1.807) is 24.0 Å². The lowest BCUT2D eigenvalue weighted by atomic mass is 10.3. The Morgan fingerprint density at radius 2 is 2.31 bits per heavy atom. The van der Waals surface area contributed by atoms with E-state index in [9.17, 15) is 4.79 Å². The van der Waals surface area contributed by atoms with E-state index in [0.717, 1.165) is 10.5 Å². The SMILES string of the molecule is COC(=O)c1cc(SC)c(C)cn1. The molecule has 0 saturated heterocycles. The molecule has 0 fully saturated rings. The molecule has 1 aromatic rings. The van der Waals surface area contributed by atoms with Crippen molar-refractivity contribution >= 4 is 17.7 Å². The molecule has 0 atom stereocenters. The number of hydrogen-bond acceptors (Lipinski definition) is 4. The van der Waals surface area contributed by atoms with Crippen molar-refractivity contribution in [3.05, 3.63) is 23.5 Å². The molecular formula is C9H11NO2S. The zero-order valence-electron chi connectivity index (χ0n) is 7.83. The lowest BCUT2D eigenvalue weighted by molar-refractivity contribution is 0.0593. The monoisotopic (exact) mass is 197 g/mol. The van der Waals surface area contributed by atoms with Gasteiger partial charge in [0.2, 0.25) is 0 Å². The number of rotatable bonds is 2. The van der Waals surface area contributed by atoms with Gasteiger partial charge < -0.3 is 4.74 Å². The molecule has 0 saturated carbocycles. The van der Waals surface area contributed by atoms with Crippen LogP contribution in [-0.4, -0.2) is 24.3 Å². The Bertz CT molecular complexity index is 325. The fraction of sp³-hybridized carbons (Fsp3) is 0.333. The number of thioether (sulfide) groups is 1. The highest BCUT2D eigenvalue weighted by Crippen LogP contribution is 2.19. The number of nitrogens with zero attached hydrogens (tertiary/aromatic N) is 1. The molecule has 1 heterocycles. The molecule has 3 nitrogen and oxygen atoms in total. The van der Waals surface area contributed by atoms with E-state index in [1.807, 2.05) is 13.2 Å².